The second-order valence-corrected chi connectivity index (χ2v) is 2.56. The summed E-state index contributed by atoms with van der Waals surface area (Å²) < 4.78 is 0. The maximum atomic E-state index is 3.69. The minimum absolute atomic E-state index is 1.04. The van der Waals surface area contributed by atoms with Crippen LogP contribution in [0, 0.1) is 0 Å². The molecule has 0 heterocycles. The first-order chi connectivity index (χ1) is 7.79. The molecule has 0 atom stereocenters. The van der Waals surface area contributed by atoms with Gasteiger partial charge in [-0.05, 0) is 18.4 Å². The van der Waals surface area contributed by atoms with E-state index in [0.29, 0.717) is 0 Å². The summed E-state index contributed by atoms with van der Waals surface area (Å²) >= 11 is 0. The minimum Gasteiger partial charge on any atom is -0.388 e. The average molecular weight is 225 g/mol. The van der Waals surface area contributed by atoms with Crippen LogP contribution in [-0.2, 0) is 0 Å². The van der Waals surface area contributed by atoms with Crippen molar-refractivity contribution in [2.24, 2.45) is 0 Å². The fourth-order valence-corrected chi connectivity index (χ4v) is 1.14. The molecule has 0 bridgehead atoms. The average Bonchev–Trinajstić information content (AvgIpc) is 2.38. The first-order valence-corrected chi connectivity index (χ1v) is 6.49. The summed E-state index contributed by atoms with van der Waals surface area (Å²) in [6.07, 6.45) is 8.18. The highest BCUT2D eigenvalue weighted by atomic mass is 14.8. The standard InChI is InChI=1S/C11H19N.2C2H6/c1-5-8-10(7-3)11(12-4)9-6-2;2*1-2/h5,8-9,12H,1,6-7H2,2-4H3;2*1-2H3/b10-8-,11-9+;;. The maximum Gasteiger partial charge on any atom is 0.0329 e. The zero-order chi connectivity index (χ0) is 13.4. The number of rotatable bonds is 5. The molecule has 1 heteroatoms. The second-order valence-electron chi connectivity index (χ2n) is 2.56. The third-order valence-electron chi connectivity index (χ3n) is 1.72. The zero-order valence-electron chi connectivity index (χ0n) is 12.4. The van der Waals surface area contributed by atoms with E-state index >= 15 is 0 Å². The molecule has 0 spiro atoms. The number of likely N-dealkylation sites (N-methyl/N-ethyl adjacent to an activating group) is 1. The predicted octanol–water partition coefficient (Wildman–Crippen LogP) is 5.07. The van der Waals surface area contributed by atoms with Crippen molar-refractivity contribution >= 4 is 0 Å². The van der Waals surface area contributed by atoms with Gasteiger partial charge < -0.3 is 5.32 Å². The molecule has 0 aliphatic rings. The molecule has 96 valence electrons. The van der Waals surface area contributed by atoms with Gasteiger partial charge >= 0.3 is 0 Å². The number of hydrogen-bond donors (Lipinski definition) is 1. The van der Waals surface area contributed by atoms with E-state index in [1.54, 1.807) is 0 Å². The predicted molar refractivity (Wildman–Crippen MR) is 78.7 cm³/mol. The summed E-state index contributed by atoms with van der Waals surface area (Å²) in [6.45, 7) is 16.0. The summed E-state index contributed by atoms with van der Waals surface area (Å²) in [7, 11) is 1.95. The molecule has 0 saturated heterocycles. The van der Waals surface area contributed by atoms with Crippen molar-refractivity contribution in [2.45, 2.75) is 54.4 Å². The summed E-state index contributed by atoms with van der Waals surface area (Å²) in [5.74, 6) is 0. The Labute approximate surface area is 103 Å². The molecule has 0 radical (unpaired) electrons. The van der Waals surface area contributed by atoms with E-state index in [2.05, 4.69) is 37.9 Å². The molecule has 0 aliphatic carbocycles. The SMILES string of the molecule is C=C/C=C(CC)\C(=C/CC)NC.CC.CC. The highest BCUT2D eigenvalue weighted by Crippen LogP contribution is 2.11. The molecule has 0 saturated carbocycles. The molecule has 0 unspecified atom stereocenters. The van der Waals surface area contributed by atoms with Crippen LogP contribution < -0.4 is 5.32 Å². The highest BCUT2D eigenvalue weighted by Gasteiger charge is 1.97. The number of allylic oxidation sites excluding steroid dienone is 4. The summed E-state index contributed by atoms with van der Waals surface area (Å²) in [5, 5.41) is 3.18. The van der Waals surface area contributed by atoms with Crippen LogP contribution in [0.5, 0.6) is 0 Å². The summed E-state index contributed by atoms with van der Waals surface area (Å²) in [5.41, 5.74) is 2.54. The normalized spacial score (nSPS) is 10.4. The molecule has 0 aromatic rings. The first kappa shape index (κ1) is 20.4. The van der Waals surface area contributed by atoms with Crippen molar-refractivity contribution in [1.29, 1.82) is 0 Å². The molecular weight excluding hydrogens is 194 g/mol. The van der Waals surface area contributed by atoms with Gasteiger partial charge in [0.25, 0.3) is 0 Å². The Kier molecular flexibility index (Phi) is 25.0. The molecule has 0 aromatic heterocycles. The number of hydrogen-bond acceptors (Lipinski definition) is 1. The van der Waals surface area contributed by atoms with Crippen LogP contribution in [0.4, 0.5) is 0 Å². The van der Waals surface area contributed by atoms with E-state index in [4.69, 9.17) is 0 Å². The van der Waals surface area contributed by atoms with Crippen LogP contribution in [0.1, 0.15) is 54.4 Å². The Morgan fingerprint density at radius 2 is 1.62 bits per heavy atom. The molecule has 0 amide bonds. The Morgan fingerprint density at radius 1 is 1.12 bits per heavy atom. The fourth-order valence-electron chi connectivity index (χ4n) is 1.14. The van der Waals surface area contributed by atoms with E-state index < -0.39 is 0 Å². The van der Waals surface area contributed by atoms with E-state index in [-0.39, 0.29) is 0 Å². The molecule has 0 rings (SSSR count). The van der Waals surface area contributed by atoms with E-state index in [1.807, 2.05) is 40.8 Å². The molecular formula is C15H31N. The molecule has 0 fully saturated rings. The van der Waals surface area contributed by atoms with Crippen LogP contribution in [-0.4, -0.2) is 7.05 Å². The lowest BCUT2D eigenvalue weighted by Crippen LogP contribution is -2.07. The third-order valence-corrected chi connectivity index (χ3v) is 1.72. The Bertz CT molecular complexity index is 188. The van der Waals surface area contributed by atoms with Gasteiger partial charge in [-0.1, -0.05) is 66.3 Å². The molecule has 16 heavy (non-hydrogen) atoms. The first-order valence-electron chi connectivity index (χ1n) is 6.49. The fraction of sp³-hybridized carbons (Fsp3) is 0.600. The van der Waals surface area contributed by atoms with Crippen molar-refractivity contribution in [1.82, 2.24) is 5.32 Å². The molecule has 0 aliphatic heterocycles. The van der Waals surface area contributed by atoms with Crippen molar-refractivity contribution < 1.29 is 0 Å². The molecule has 1 nitrogen and oxygen atoms in total. The van der Waals surface area contributed by atoms with Gasteiger partial charge in [-0.15, -0.1) is 0 Å². The zero-order valence-corrected chi connectivity index (χ0v) is 12.4. The third kappa shape index (κ3) is 11.1. The lowest BCUT2D eigenvalue weighted by Gasteiger charge is -2.08. The summed E-state index contributed by atoms with van der Waals surface area (Å²) in [4.78, 5) is 0. The number of nitrogens with one attached hydrogen (secondary N) is 1. The molecule has 0 aromatic carbocycles. The van der Waals surface area contributed by atoms with Gasteiger partial charge in [0.05, 0.1) is 0 Å². The highest BCUT2D eigenvalue weighted by molar-refractivity contribution is 5.31. The smallest absolute Gasteiger partial charge is 0.0329 e. The molecule has 1 N–H and O–H groups in total. The minimum atomic E-state index is 1.04. The van der Waals surface area contributed by atoms with Crippen molar-refractivity contribution in [3.05, 3.63) is 36.1 Å². The monoisotopic (exact) mass is 225 g/mol. The lowest BCUT2D eigenvalue weighted by molar-refractivity contribution is 0.937. The summed E-state index contributed by atoms with van der Waals surface area (Å²) in [6, 6.07) is 0. The topological polar surface area (TPSA) is 12.0 Å². The Balaban J connectivity index is -0.000000376. The van der Waals surface area contributed by atoms with Gasteiger partial charge in [0.1, 0.15) is 0 Å². The maximum absolute atomic E-state index is 3.69. The lowest BCUT2D eigenvalue weighted by atomic mass is 10.1. The second kappa shape index (κ2) is 19.6. The van der Waals surface area contributed by atoms with Gasteiger partial charge in [-0.25, -0.2) is 0 Å². The van der Waals surface area contributed by atoms with E-state index in [1.165, 1.54) is 11.3 Å². The van der Waals surface area contributed by atoms with Crippen LogP contribution in [0.2, 0.25) is 0 Å². The van der Waals surface area contributed by atoms with Crippen molar-refractivity contribution in [3.8, 4) is 0 Å². The van der Waals surface area contributed by atoms with Crippen LogP contribution >= 0.6 is 0 Å². The van der Waals surface area contributed by atoms with Gasteiger partial charge in [0.15, 0.2) is 0 Å². The van der Waals surface area contributed by atoms with Crippen LogP contribution in [0.3, 0.4) is 0 Å². The van der Waals surface area contributed by atoms with Gasteiger partial charge in [0, 0.05) is 12.7 Å². The van der Waals surface area contributed by atoms with Gasteiger partial charge in [0.2, 0.25) is 0 Å². The van der Waals surface area contributed by atoms with Crippen LogP contribution in [0.15, 0.2) is 36.1 Å². The Hall–Kier alpha value is -0.980. The van der Waals surface area contributed by atoms with E-state index in [0.717, 1.165) is 12.8 Å². The quantitative estimate of drug-likeness (QED) is 0.644. The Morgan fingerprint density at radius 3 is 1.88 bits per heavy atom. The van der Waals surface area contributed by atoms with Crippen molar-refractivity contribution in [2.75, 3.05) is 7.05 Å². The van der Waals surface area contributed by atoms with Gasteiger partial charge in [-0.3, -0.25) is 0 Å². The largest absolute Gasteiger partial charge is 0.388 e. The van der Waals surface area contributed by atoms with Crippen LogP contribution in [0.25, 0.3) is 0 Å². The van der Waals surface area contributed by atoms with E-state index in [9.17, 15) is 0 Å². The van der Waals surface area contributed by atoms with Gasteiger partial charge in [-0.2, -0.15) is 0 Å². The van der Waals surface area contributed by atoms with Crippen molar-refractivity contribution in [3.63, 3.8) is 0 Å².